The number of carbonyl (C=O) groups excluding carboxylic acids is 1. The third-order valence-corrected chi connectivity index (χ3v) is 2.72. The fraction of sp³-hybridized carbons (Fsp3) is 0.400. The van der Waals surface area contributed by atoms with Gasteiger partial charge in [-0.25, -0.2) is 0 Å². The summed E-state index contributed by atoms with van der Waals surface area (Å²) in [7, 11) is 0. The summed E-state index contributed by atoms with van der Waals surface area (Å²) in [5.74, 6) is -0.617. The van der Waals surface area contributed by atoms with E-state index in [9.17, 15) is 14.9 Å². The molecule has 0 saturated carbocycles. The number of ketones is 1. The Morgan fingerprint density at radius 2 is 2.31 bits per heavy atom. The number of hydrogen-bond acceptors (Lipinski definition) is 4. The molecule has 16 heavy (non-hydrogen) atoms. The quantitative estimate of drug-likeness (QED) is 0.630. The molecule has 0 saturated heterocycles. The van der Waals surface area contributed by atoms with Gasteiger partial charge in [-0.1, -0.05) is 6.92 Å². The zero-order chi connectivity index (χ0) is 12.3. The van der Waals surface area contributed by atoms with Gasteiger partial charge in [-0.3, -0.25) is 19.9 Å². The van der Waals surface area contributed by atoms with Crippen LogP contribution in [0.1, 0.15) is 31.9 Å². The molecule has 1 heterocycles. The number of nitro groups is 1. The summed E-state index contributed by atoms with van der Waals surface area (Å²) in [6.45, 7) is 3.22. The van der Waals surface area contributed by atoms with E-state index in [1.807, 2.05) is 0 Å². The molecule has 1 aromatic rings. The highest BCUT2D eigenvalue weighted by Crippen LogP contribution is 2.29. The van der Waals surface area contributed by atoms with Gasteiger partial charge in [0.25, 0.3) is 5.69 Å². The maximum atomic E-state index is 11.4. The minimum atomic E-state index is -0.515. The molecular formula is C10H11BrN2O3. The van der Waals surface area contributed by atoms with Crippen LogP contribution >= 0.6 is 15.9 Å². The Balaban J connectivity index is 3.31. The van der Waals surface area contributed by atoms with Crippen molar-refractivity contribution in [3.63, 3.8) is 0 Å². The van der Waals surface area contributed by atoms with E-state index < -0.39 is 10.8 Å². The van der Waals surface area contributed by atoms with Crippen molar-refractivity contribution in [2.24, 2.45) is 0 Å². The third-order valence-electron chi connectivity index (χ3n) is 2.29. The van der Waals surface area contributed by atoms with Crippen LogP contribution in [0.4, 0.5) is 5.69 Å². The van der Waals surface area contributed by atoms with E-state index in [-0.39, 0.29) is 17.2 Å². The van der Waals surface area contributed by atoms with Gasteiger partial charge in [0.15, 0.2) is 0 Å². The predicted octanol–water partition coefficient (Wildman–Crippen LogP) is 2.83. The minimum absolute atomic E-state index is 0.111. The number of nitrogens with zero attached hydrogens (tertiary/aromatic N) is 2. The summed E-state index contributed by atoms with van der Waals surface area (Å²) in [4.78, 5) is 25.7. The van der Waals surface area contributed by atoms with Gasteiger partial charge < -0.3 is 0 Å². The molecule has 0 N–H and O–H groups in total. The number of pyridine rings is 1. The standard InChI is InChI=1S/C10H11BrN2O3/c1-3-8(6(2)14)10-9(13(15)16)4-7(11)5-12-10/h4-5,8H,3H2,1-2H3. The highest BCUT2D eigenvalue weighted by Gasteiger charge is 2.26. The Hall–Kier alpha value is -1.30. The second-order valence-electron chi connectivity index (χ2n) is 3.39. The predicted molar refractivity (Wildman–Crippen MR) is 62.3 cm³/mol. The van der Waals surface area contributed by atoms with E-state index in [0.29, 0.717) is 10.9 Å². The van der Waals surface area contributed by atoms with Crippen molar-refractivity contribution in [2.45, 2.75) is 26.2 Å². The Bertz CT molecular complexity index is 434. The molecule has 0 radical (unpaired) electrons. The molecule has 0 bridgehead atoms. The molecule has 0 amide bonds. The van der Waals surface area contributed by atoms with Crippen LogP contribution in [-0.2, 0) is 4.79 Å². The van der Waals surface area contributed by atoms with Crippen molar-refractivity contribution in [2.75, 3.05) is 0 Å². The first kappa shape index (κ1) is 12.8. The Kier molecular flexibility index (Phi) is 4.12. The monoisotopic (exact) mass is 286 g/mol. The van der Waals surface area contributed by atoms with E-state index in [0.717, 1.165) is 0 Å². The molecule has 1 rings (SSSR count). The van der Waals surface area contributed by atoms with Crippen LogP contribution in [0.2, 0.25) is 0 Å². The maximum absolute atomic E-state index is 11.4. The smallest absolute Gasteiger partial charge is 0.292 e. The van der Waals surface area contributed by atoms with Crippen molar-refractivity contribution in [3.05, 3.63) is 32.5 Å². The average molecular weight is 287 g/mol. The molecule has 6 heteroatoms. The van der Waals surface area contributed by atoms with Crippen molar-refractivity contribution >= 4 is 27.4 Å². The summed E-state index contributed by atoms with van der Waals surface area (Å²) in [6, 6.07) is 1.37. The van der Waals surface area contributed by atoms with Crippen LogP contribution in [0.3, 0.4) is 0 Å². The summed E-state index contributed by atoms with van der Waals surface area (Å²) in [6.07, 6.45) is 1.97. The normalized spacial score (nSPS) is 12.2. The van der Waals surface area contributed by atoms with Gasteiger partial charge in [0.05, 0.1) is 10.8 Å². The molecule has 0 aliphatic heterocycles. The molecule has 0 spiro atoms. The molecule has 5 nitrogen and oxygen atoms in total. The van der Waals surface area contributed by atoms with E-state index in [2.05, 4.69) is 20.9 Å². The SMILES string of the molecule is CCC(C(C)=O)c1ncc(Br)cc1[N+](=O)[O-]. The number of rotatable bonds is 4. The van der Waals surface area contributed by atoms with E-state index in [1.54, 1.807) is 6.92 Å². The topological polar surface area (TPSA) is 73.1 Å². The minimum Gasteiger partial charge on any atom is -0.299 e. The van der Waals surface area contributed by atoms with Crippen LogP contribution in [0.25, 0.3) is 0 Å². The fourth-order valence-electron chi connectivity index (χ4n) is 1.53. The highest BCUT2D eigenvalue weighted by molar-refractivity contribution is 9.10. The molecular weight excluding hydrogens is 276 g/mol. The van der Waals surface area contributed by atoms with E-state index >= 15 is 0 Å². The lowest BCUT2D eigenvalue weighted by Crippen LogP contribution is -2.12. The number of halogens is 1. The van der Waals surface area contributed by atoms with Crippen LogP contribution in [0.5, 0.6) is 0 Å². The third kappa shape index (κ3) is 2.63. The van der Waals surface area contributed by atoms with Crippen molar-refractivity contribution in [1.82, 2.24) is 4.98 Å². The summed E-state index contributed by atoms with van der Waals surface area (Å²) in [5.41, 5.74) is 0.125. The Morgan fingerprint density at radius 3 is 2.75 bits per heavy atom. The molecule has 1 aromatic heterocycles. The zero-order valence-electron chi connectivity index (χ0n) is 8.94. The maximum Gasteiger partial charge on any atom is 0.292 e. The first-order valence-electron chi connectivity index (χ1n) is 4.77. The number of hydrogen-bond donors (Lipinski definition) is 0. The summed E-state index contributed by atoms with van der Waals surface area (Å²) < 4.78 is 0.529. The number of aromatic nitrogens is 1. The molecule has 86 valence electrons. The fourth-order valence-corrected chi connectivity index (χ4v) is 1.85. The molecule has 0 aliphatic carbocycles. The van der Waals surface area contributed by atoms with E-state index in [4.69, 9.17) is 0 Å². The van der Waals surface area contributed by atoms with Gasteiger partial charge in [0, 0.05) is 16.7 Å². The highest BCUT2D eigenvalue weighted by atomic mass is 79.9. The van der Waals surface area contributed by atoms with Crippen molar-refractivity contribution in [3.8, 4) is 0 Å². The lowest BCUT2D eigenvalue weighted by atomic mass is 9.96. The van der Waals surface area contributed by atoms with Gasteiger partial charge in [0.1, 0.15) is 11.5 Å². The number of Topliss-reactive ketones (excluding diaryl/α,β-unsaturated/α-hetero) is 1. The average Bonchev–Trinajstić information content (AvgIpc) is 2.20. The Morgan fingerprint density at radius 1 is 1.69 bits per heavy atom. The lowest BCUT2D eigenvalue weighted by molar-refractivity contribution is -0.386. The van der Waals surface area contributed by atoms with E-state index in [1.165, 1.54) is 19.2 Å². The van der Waals surface area contributed by atoms with Gasteiger partial charge in [-0.05, 0) is 29.3 Å². The van der Waals surface area contributed by atoms with Crippen LogP contribution in [0, 0.1) is 10.1 Å². The van der Waals surface area contributed by atoms with Crippen molar-refractivity contribution < 1.29 is 9.72 Å². The van der Waals surface area contributed by atoms with Crippen LogP contribution < -0.4 is 0 Å². The Labute approximate surface area is 101 Å². The van der Waals surface area contributed by atoms with Crippen LogP contribution in [0.15, 0.2) is 16.7 Å². The molecule has 1 atom stereocenters. The van der Waals surface area contributed by atoms with Gasteiger partial charge in [0.2, 0.25) is 0 Å². The second-order valence-corrected chi connectivity index (χ2v) is 4.30. The zero-order valence-corrected chi connectivity index (χ0v) is 10.5. The molecule has 0 fully saturated rings. The molecule has 0 aromatic carbocycles. The molecule has 0 aliphatic rings. The molecule has 1 unspecified atom stereocenters. The lowest BCUT2D eigenvalue weighted by Gasteiger charge is -2.10. The van der Waals surface area contributed by atoms with Gasteiger partial charge >= 0.3 is 0 Å². The first-order chi connectivity index (χ1) is 7.47. The van der Waals surface area contributed by atoms with Crippen LogP contribution in [-0.4, -0.2) is 15.7 Å². The second kappa shape index (κ2) is 5.16. The van der Waals surface area contributed by atoms with Gasteiger partial charge in [-0.15, -0.1) is 0 Å². The summed E-state index contributed by atoms with van der Waals surface area (Å²) in [5, 5.41) is 10.9. The largest absolute Gasteiger partial charge is 0.299 e. The first-order valence-corrected chi connectivity index (χ1v) is 5.57. The van der Waals surface area contributed by atoms with Crippen molar-refractivity contribution in [1.29, 1.82) is 0 Å². The number of carbonyl (C=O) groups is 1. The summed E-state index contributed by atoms with van der Waals surface area (Å²) >= 11 is 3.12. The van der Waals surface area contributed by atoms with Gasteiger partial charge in [-0.2, -0.15) is 0 Å².